The molecule has 216 valence electrons. The first kappa shape index (κ1) is 33.2. The lowest BCUT2D eigenvalue weighted by Crippen LogP contribution is -2.49. The summed E-state index contributed by atoms with van der Waals surface area (Å²) in [6.07, 6.45) is 0.710. The van der Waals surface area contributed by atoms with Crippen LogP contribution in [0.2, 0.25) is 0 Å². The van der Waals surface area contributed by atoms with Gasteiger partial charge in [0.15, 0.2) is 11.8 Å². The first-order chi connectivity index (χ1) is 18.3. The van der Waals surface area contributed by atoms with Gasteiger partial charge in [-0.05, 0) is 6.92 Å². The van der Waals surface area contributed by atoms with Crippen molar-refractivity contribution in [2.24, 2.45) is 0 Å². The molecule has 0 aliphatic carbocycles. The van der Waals surface area contributed by atoms with Crippen molar-refractivity contribution in [1.82, 2.24) is 20.4 Å². The Morgan fingerprint density at radius 1 is 0.711 bits per heavy atom. The van der Waals surface area contributed by atoms with Crippen LogP contribution in [0.3, 0.4) is 0 Å². The van der Waals surface area contributed by atoms with E-state index in [1.165, 1.54) is 0 Å². The van der Waals surface area contributed by atoms with Gasteiger partial charge < -0.3 is 44.3 Å². The van der Waals surface area contributed by atoms with E-state index >= 15 is 0 Å². The molecule has 1 rings (SSSR count). The van der Waals surface area contributed by atoms with Crippen LogP contribution in [-0.2, 0) is 47.7 Å². The van der Waals surface area contributed by atoms with E-state index in [-0.39, 0.29) is 52.7 Å². The summed E-state index contributed by atoms with van der Waals surface area (Å²) in [6, 6.07) is -2.78. The van der Waals surface area contributed by atoms with Crippen LogP contribution in [0.1, 0.15) is 6.92 Å². The fourth-order valence-corrected chi connectivity index (χ4v) is 3.24. The van der Waals surface area contributed by atoms with Gasteiger partial charge in [0.25, 0.3) is 0 Å². The summed E-state index contributed by atoms with van der Waals surface area (Å²) in [4.78, 5) is 72.0. The van der Waals surface area contributed by atoms with Crippen molar-refractivity contribution in [3.05, 3.63) is 0 Å². The van der Waals surface area contributed by atoms with Crippen molar-refractivity contribution < 1.29 is 52.8 Å². The highest BCUT2D eigenvalue weighted by Crippen LogP contribution is 1.96. The number of hydrogen-bond donors (Lipinski definition) is 3. The van der Waals surface area contributed by atoms with Crippen molar-refractivity contribution in [1.29, 1.82) is 0 Å². The average molecular weight is 547 g/mol. The zero-order chi connectivity index (χ0) is 28.2. The Labute approximate surface area is 221 Å². The molecular formula is C23H38N4O11. The first-order valence-electron chi connectivity index (χ1n) is 12.2. The van der Waals surface area contributed by atoms with E-state index in [1.54, 1.807) is 9.80 Å². The van der Waals surface area contributed by atoms with E-state index < -0.39 is 35.7 Å². The van der Waals surface area contributed by atoms with Gasteiger partial charge in [-0.1, -0.05) is 0 Å². The summed E-state index contributed by atoms with van der Waals surface area (Å²) in [7, 11) is 0. The number of carboxylic acids is 1. The average Bonchev–Trinajstić information content (AvgIpc) is 2.87. The summed E-state index contributed by atoms with van der Waals surface area (Å²) in [5, 5.41) is 13.6. The summed E-state index contributed by atoms with van der Waals surface area (Å²) < 4.78 is 22.2. The molecule has 0 aromatic rings. The quantitative estimate of drug-likeness (QED) is 0.183. The number of carbonyl (C=O) groups is 6. The van der Waals surface area contributed by atoms with Crippen LogP contribution in [0.15, 0.2) is 0 Å². The van der Waals surface area contributed by atoms with Crippen molar-refractivity contribution >= 4 is 36.1 Å². The SMILES string of the molecule is CC(=O)C(NC(=O)CN1CCOCCOCCN(CC(=O)NC(C=O)C=O)CCOCCOCC1)C(=O)O. The number of nitrogens with zero attached hydrogens (tertiary/aromatic N) is 2. The number of carbonyl (C=O) groups excluding carboxylic acids is 5. The molecule has 0 aromatic carbocycles. The fraction of sp³-hybridized carbons (Fsp3) is 0.739. The number of rotatable bonds is 10. The molecule has 1 saturated heterocycles. The Morgan fingerprint density at radius 2 is 1.08 bits per heavy atom. The van der Waals surface area contributed by atoms with Crippen molar-refractivity contribution in [3.8, 4) is 0 Å². The Kier molecular flexibility index (Phi) is 17.6. The summed E-state index contributed by atoms with van der Waals surface area (Å²) in [5.41, 5.74) is 0. The fourth-order valence-electron chi connectivity index (χ4n) is 3.24. The van der Waals surface area contributed by atoms with Crippen LogP contribution in [0.5, 0.6) is 0 Å². The molecule has 1 heterocycles. The van der Waals surface area contributed by atoms with Crippen LogP contribution >= 0.6 is 0 Å². The van der Waals surface area contributed by atoms with Crippen LogP contribution in [0.4, 0.5) is 0 Å². The Hall–Kier alpha value is -2.82. The number of amides is 2. The standard InChI is InChI=1S/C23H38N4O11/c1-18(30)22(23(33)34)25-21(32)15-27-4-8-37-12-10-35-6-2-26(3-7-36-11-13-38-9-5-27)14-20(31)24-19(16-28)17-29/h16-17,19,22H,2-15H2,1H3,(H,24,31)(H,25,32)(H,33,34). The van der Waals surface area contributed by atoms with Gasteiger partial charge in [-0.25, -0.2) is 4.79 Å². The predicted octanol–water partition coefficient (Wildman–Crippen LogP) is -3.29. The van der Waals surface area contributed by atoms with Gasteiger partial charge in [-0.2, -0.15) is 0 Å². The molecule has 3 N–H and O–H groups in total. The first-order valence-corrected chi connectivity index (χ1v) is 12.2. The normalized spacial score (nSPS) is 18.9. The largest absolute Gasteiger partial charge is 0.479 e. The summed E-state index contributed by atoms with van der Waals surface area (Å²) >= 11 is 0. The number of nitrogens with one attached hydrogen (secondary N) is 2. The molecule has 2 amide bonds. The maximum Gasteiger partial charge on any atom is 0.334 e. The zero-order valence-corrected chi connectivity index (χ0v) is 21.6. The number of hydrogen-bond acceptors (Lipinski definition) is 12. The molecule has 15 heteroatoms. The van der Waals surface area contributed by atoms with E-state index in [2.05, 4.69) is 10.6 Å². The van der Waals surface area contributed by atoms with Gasteiger partial charge in [0.05, 0.1) is 65.9 Å². The number of aliphatic carboxylic acids is 1. The van der Waals surface area contributed by atoms with Crippen molar-refractivity contribution in [3.63, 3.8) is 0 Å². The molecule has 0 bridgehead atoms. The highest BCUT2D eigenvalue weighted by molar-refractivity contribution is 6.04. The minimum atomic E-state index is -1.60. The van der Waals surface area contributed by atoms with Crippen LogP contribution in [0, 0.1) is 0 Å². The Bertz CT molecular complexity index is 726. The third kappa shape index (κ3) is 15.4. The van der Waals surface area contributed by atoms with Gasteiger partial charge in [0.2, 0.25) is 11.8 Å². The minimum absolute atomic E-state index is 0.0407. The van der Waals surface area contributed by atoms with Gasteiger partial charge in [-0.3, -0.25) is 24.2 Å². The zero-order valence-electron chi connectivity index (χ0n) is 21.6. The highest BCUT2D eigenvalue weighted by Gasteiger charge is 2.25. The van der Waals surface area contributed by atoms with E-state index in [4.69, 9.17) is 24.1 Å². The van der Waals surface area contributed by atoms with Gasteiger partial charge in [-0.15, -0.1) is 0 Å². The molecule has 1 aliphatic heterocycles. The highest BCUT2D eigenvalue weighted by atomic mass is 16.5. The van der Waals surface area contributed by atoms with Gasteiger partial charge >= 0.3 is 5.97 Å². The van der Waals surface area contributed by atoms with Gasteiger partial charge in [0, 0.05) is 26.2 Å². The molecular weight excluding hydrogens is 508 g/mol. The smallest absolute Gasteiger partial charge is 0.334 e. The minimum Gasteiger partial charge on any atom is -0.479 e. The van der Waals surface area contributed by atoms with E-state index in [9.17, 15) is 28.8 Å². The molecule has 1 aliphatic rings. The monoisotopic (exact) mass is 546 g/mol. The van der Waals surface area contributed by atoms with Crippen LogP contribution < -0.4 is 10.6 Å². The molecule has 1 atom stereocenters. The summed E-state index contributed by atoms with van der Waals surface area (Å²) in [6.45, 7) is 4.74. The summed E-state index contributed by atoms with van der Waals surface area (Å²) in [5.74, 6) is -3.17. The molecule has 1 unspecified atom stereocenters. The van der Waals surface area contributed by atoms with E-state index in [0.29, 0.717) is 52.0 Å². The number of ketones is 1. The third-order valence-electron chi connectivity index (χ3n) is 5.27. The van der Waals surface area contributed by atoms with Crippen LogP contribution in [-0.4, -0.2) is 155 Å². The topological polar surface area (TPSA) is 190 Å². The number of aldehydes is 2. The lowest BCUT2D eigenvalue weighted by Gasteiger charge is -2.23. The third-order valence-corrected chi connectivity index (χ3v) is 5.27. The second-order valence-corrected chi connectivity index (χ2v) is 8.32. The van der Waals surface area contributed by atoms with E-state index in [0.717, 1.165) is 6.92 Å². The second kappa shape index (κ2) is 20.2. The molecule has 38 heavy (non-hydrogen) atoms. The second-order valence-electron chi connectivity index (χ2n) is 8.32. The number of ether oxygens (including phenoxy) is 4. The molecule has 15 nitrogen and oxygen atoms in total. The van der Waals surface area contributed by atoms with Crippen molar-refractivity contribution in [2.45, 2.75) is 19.0 Å². The maximum absolute atomic E-state index is 12.3. The molecule has 0 spiro atoms. The lowest BCUT2D eigenvalue weighted by atomic mass is 10.2. The maximum atomic E-state index is 12.3. The Morgan fingerprint density at radius 3 is 1.39 bits per heavy atom. The predicted molar refractivity (Wildman–Crippen MR) is 130 cm³/mol. The molecule has 1 fully saturated rings. The van der Waals surface area contributed by atoms with Crippen molar-refractivity contribution in [2.75, 3.05) is 92.1 Å². The van der Waals surface area contributed by atoms with E-state index in [1.807, 2.05) is 0 Å². The Balaban J connectivity index is 2.54. The molecule has 0 aromatic heterocycles. The number of Topliss-reactive ketones (excluding diaryl/α,β-unsaturated/α-hetero) is 1. The van der Waals surface area contributed by atoms with Crippen LogP contribution in [0.25, 0.3) is 0 Å². The van der Waals surface area contributed by atoms with Gasteiger partial charge in [0.1, 0.15) is 18.6 Å². The molecule has 0 radical (unpaired) electrons. The molecule has 0 saturated carbocycles. The number of carboxylic acid groups (broad SMARTS) is 1. The lowest BCUT2D eigenvalue weighted by molar-refractivity contribution is -0.145.